The van der Waals surface area contributed by atoms with Crippen molar-refractivity contribution in [3.05, 3.63) is 78.1 Å². The lowest BCUT2D eigenvalue weighted by molar-refractivity contribution is -0.113. The molecule has 0 aliphatic carbocycles. The zero-order chi connectivity index (χ0) is 22.5. The van der Waals surface area contributed by atoms with E-state index < -0.39 is 6.10 Å². The summed E-state index contributed by atoms with van der Waals surface area (Å²) in [7, 11) is 0. The maximum Gasteiger partial charge on any atom is 0.236 e. The SMILES string of the molecule is Cc1cc(NC(=O)CSc2nnc(C(C)Oc3ccc(F)cc3)n2-c2ccccc2)no1. The number of aromatic nitrogens is 4. The van der Waals surface area contributed by atoms with E-state index in [2.05, 4.69) is 20.7 Å². The van der Waals surface area contributed by atoms with Crippen molar-refractivity contribution in [2.75, 3.05) is 11.1 Å². The van der Waals surface area contributed by atoms with Crippen LogP contribution in [0.5, 0.6) is 5.75 Å². The summed E-state index contributed by atoms with van der Waals surface area (Å²) in [6.45, 7) is 3.58. The monoisotopic (exact) mass is 453 g/mol. The van der Waals surface area contributed by atoms with Gasteiger partial charge in [0.25, 0.3) is 0 Å². The van der Waals surface area contributed by atoms with Crippen molar-refractivity contribution in [2.24, 2.45) is 0 Å². The number of hydrogen-bond acceptors (Lipinski definition) is 7. The van der Waals surface area contributed by atoms with Crippen LogP contribution in [0.2, 0.25) is 0 Å². The number of carbonyl (C=O) groups is 1. The molecule has 2 aromatic heterocycles. The van der Waals surface area contributed by atoms with E-state index in [4.69, 9.17) is 9.26 Å². The molecule has 0 saturated carbocycles. The fourth-order valence-electron chi connectivity index (χ4n) is 2.96. The third kappa shape index (κ3) is 5.14. The number of nitrogens with zero attached hydrogens (tertiary/aromatic N) is 4. The van der Waals surface area contributed by atoms with Crippen LogP contribution in [0.1, 0.15) is 24.6 Å². The first kappa shape index (κ1) is 21.6. The molecule has 0 spiro atoms. The Kier molecular flexibility index (Phi) is 6.50. The van der Waals surface area contributed by atoms with Crippen LogP contribution in [0.15, 0.2) is 70.3 Å². The molecule has 2 heterocycles. The lowest BCUT2D eigenvalue weighted by Crippen LogP contribution is -2.15. The minimum Gasteiger partial charge on any atom is -0.483 e. The molecule has 1 unspecified atom stereocenters. The molecule has 4 rings (SSSR count). The molecule has 164 valence electrons. The number of ether oxygens (including phenoxy) is 1. The van der Waals surface area contributed by atoms with Gasteiger partial charge < -0.3 is 14.6 Å². The summed E-state index contributed by atoms with van der Waals surface area (Å²) in [6, 6.07) is 17.0. The highest BCUT2D eigenvalue weighted by Crippen LogP contribution is 2.28. The molecule has 1 N–H and O–H groups in total. The highest BCUT2D eigenvalue weighted by atomic mass is 32.2. The second-order valence-corrected chi connectivity index (χ2v) is 7.83. The van der Waals surface area contributed by atoms with Crippen LogP contribution < -0.4 is 10.1 Å². The van der Waals surface area contributed by atoms with Gasteiger partial charge in [0.05, 0.1) is 5.75 Å². The van der Waals surface area contributed by atoms with Gasteiger partial charge in [0.15, 0.2) is 22.9 Å². The number of para-hydroxylation sites is 1. The molecule has 32 heavy (non-hydrogen) atoms. The molecular formula is C22H20FN5O3S. The Balaban J connectivity index is 1.53. The second kappa shape index (κ2) is 9.65. The van der Waals surface area contributed by atoms with Crippen LogP contribution in [0.4, 0.5) is 10.2 Å². The van der Waals surface area contributed by atoms with E-state index in [0.29, 0.717) is 28.3 Å². The largest absolute Gasteiger partial charge is 0.483 e. The number of halogens is 1. The maximum absolute atomic E-state index is 13.2. The van der Waals surface area contributed by atoms with Gasteiger partial charge in [-0.1, -0.05) is 35.1 Å². The zero-order valence-corrected chi connectivity index (χ0v) is 18.2. The lowest BCUT2D eigenvalue weighted by Gasteiger charge is -2.16. The van der Waals surface area contributed by atoms with E-state index in [1.165, 1.54) is 23.9 Å². The summed E-state index contributed by atoms with van der Waals surface area (Å²) < 4.78 is 25.9. The molecule has 0 fully saturated rings. The highest BCUT2D eigenvalue weighted by Gasteiger charge is 2.22. The van der Waals surface area contributed by atoms with Crippen molar-refractivity contribution in [3.8, 4) is 11.4 Å². The van der Waals surface area contributed by atoms with E-state index in [1.54, 1.807) is 25.1 Å². The van der Waals surface area contributed by atoms with Crippen molar-refractivity contribution < 1.29 is 18.4 Å². The lowest BCUT2D eigenvalue weighted by atomic mass is 10.3. The fourth-order valence-corrected chi connectivity index (χ4v) is 3.72. The summed E-state index contributed by atoms with van der Waals surface area (Å²) >= 11 is 1.24. The number of carbonyl (C=O) groups excluding carboxylic acids is 1. The van der Waals surface area contributed by atoms with E-state index in [-0.39, 0.29) is 17.5 Å². The molecule has 10 heteroatoms. The van der Waals surface area contributed by atoms with Crippen molar-refractivity contribution >= 4 is 23.5 Å². The smallest absolute Gasteiger partial charge is 0.236 e. The van der Waals surface area contributed by atoms with Gasteiger partial charge in [-0.2, -0.15) is 0 Å². The fraction of sp³-hybridized carbons (Fsp3) is 0.182. The number of rotatable bonds is 8. The van der Waals surface area contributed by atoms with Gasteiger partial charge in [-0.3, -0.25) is 9.36 Å². The molecule has 0 aliphatic heterocycles. The molecule has 8 nitrogen and oxygen atoms in total. The Morgan fingerprint density at radius 3 is 2.62 bits per heavy atom. The molecule has 0 aliphatic rings. The van der Waals surface area contributed by atoms with Gasteiger partial charge in [0.2, 0.25) is 5.91 Å². The van der Waals surface area contributed by atoms with E-state index in [0.717, 1.165) is 5.69 Å². The number of amides is 1. The predicted molar refractivity (Wildman–Crippen MR) is 117 cm³/mol. The van der Waals surface area contributed by atoms with Crippen LogP contribution in [-0.4, -0.2) is 31.6 Å². The van der Waals surface area contributed by atoms with E-state index in [9.17, 15) is 9.18 Å². The Hall–Kier alpha value is -3.66. The van der Waals surface area contributed by atoms with Gasteiger partial charge in [0, 0.05) is 11.8 Å². The number of hydrogen-bond donors (Lipinski definition) is 1. The van der Waals surface area contributed by atoms with Crippen LogP contribution in [0.25, 0.3) is 5.69 Å². The van der Waals surface area contributed by atoms with Crippen LogP contribution in [0.3, 0.4) is 0 Å². The van der Waals surface area contributed by atoms with Crippen LogP contribution in [0, 0.1) is 12.7 Å². The Morgan fingerprint density at radius 1 is 1.19 bits per heavy atom. The summed E-state index contributed by atoms with van der Waals surface area (Å²) in [5, 5.41) is 15.6. The normalized spacial score (nSPS) is 11.8. The number of nitrogens with one attached hydrogen (secondary N) is 1. The van der Waals surface area contributed by atoms with Gasteiger partial charge in [-0.05, 0) is 50.2 Å². The topological polar surface area (TPSA) is 95.1 Å². The molecule has 0 radical (unpaired) electrons. The van der Waals surface area contributed by atoms with E-state index >= 15 is 0 Å². The zero-order valence-electron chi connectivity index (χ0n) is 17.4. The molecule has 1 atom stereocenters. The van der Waals surface area contributed by atoms with Gasteiger partial charge in [-0.15, -0.1) is 10.2 Å². The Bertz CT molecular complexity index is 1190. The summed E-state index contributed by atoms with van der Waals surface area (Å²) in [4.78, 5) is 12.3. The third-order valence-corrected chi connectivity index (χ3v) is 5.32. The summed E-state index contributed by atoms with van der Waals surface area (Å²) in [5.41, 5.74) is 0.831. The Labute approximate surface area is 187 Å². The molecule has 0 bridgehead atoms. The highest BCUT2D eigenvalue weighted by molar-refractivity contribution is 7.99. The summed E-state index contributed by atoms with van der Waals surface area (Å²) in [5.74, 6) is 1.55. The minimum atomic E-state index is -0.477. The molecule has 4 aromatic rings. The summed E-state index contributed by atoms with van der Waals surface area (Å²) in [6.07, 6.45) is -0.477. The predicted octanol–water partition coefficient (Wildman–Crippen LogP) is 4.57. The first-order chi connectivity index (χ1) is 15.5. The number of thioether (sulfide) groups is 1. The number of aryl methyl sites for hydroxylation is 1. The van der Waals surface area contributed by atoms with Crippen LogP contribution >= 0.6 is 11.8 Å². The van der Waals surface area contributed by atoms with Crippen molar-refractivity contribution in [1.29, 1.82) is 0 Å². The van der Waals surface area contributed by atoms with Crippen LogP contribution in [-0.2, 0) is 4.79 Å². The maximum atomic E-state index is 13.2. The van der Waals surface area contributed by atoms with Crippen molar-refractivity contribution in [2.45, 2.75) is 25.1 Å². The number of benzene rings is 2. The third-order valence-electron chi connectivity index (χ3n) is 4.39. The average Bonchev–Trinajstić information content (AvgIpc) is 3.40. The average molecular weight is 453 g/mol. The van der Waals surface area contributed by atoms with Gasteiger partial charge in [0.1, 0.15) is 17.3 Å². The standard InChI is InChI=1S/C22H20FN5O3S/c1-14-12-19(27-31-14)24-20(29)13-32-22-26-25-21(28(22)17-6-4-3-5-7-17)15(2)30-18-10-8-16(23)9-11-18/h3-12,15H,13H2,1-2H3,(H,24,27,29). The Morgan fingerprint density at radius 2 is 1.94 bits per heavy atom. The molecular weight excluding hydrogens is 433 g/mol. The second-order valence-electron chi connectivity index (χ2n) is 6.89. The molecule has 1 amide bonds. The molecule has 0 saturated heterocycles. The van der Waals surface area contributed by atoms with Crippen molar-refractivity contribution in [1.82, 2.24) is 19.9 Å². The molecule has 2 aromatic carbocycles. The van der Waals surface area contributed by atoms with Gasteiger partial charge in [-0.25, -0.2) is 4.39 Å². The van der Waals surface area contributed by atoms with Crippen molar-refractivity contribution in [3.63, 3.8) is 0 Å². The quantitative estimate of drug-likeness (QED) is 0.390. The minimum absolute atomic E-state index is 0.101. The van der Waals surface area contributed by atoms with Gasteiger partial charge >= 0.3 is 0 Å². The first-order valence-corrected chi connectivity index (χ1v) is 10.8. The van der Waals surface area contributed by atoms with E-state index in [1.807, 2.05) is 41.8 Å². The first-order valence-electron chi connectivity index (χ1n) is 9.78. The number of anilines is 1.